The summed E-state index contributed by atoms with van der Waals surface area (Å²) in [6, 6.07) is 0. The van der Waals surface area contributed by atoms with Crippen LogP contribution in [0.25, 0.3) is 0 Å². The van der Waals surface area contributed by atoms with E-state index in [2.05, 4.69) is 20.4 Å². The lowest BCUT2D eigenvalue weighted by Gasteiger charge is -2.26. The molecule has 0 rings (SSSR count). The fraction of sp³-hybridized carbons (Fsp3) is 0.727. The summed E-state index contributed by atoms with van der Waals surface area (Å²) in [7, 11) is 0. The van der Waals surface area contributed by atoms with E-state index in [1.165, 1.54) is 6.92 Å². The van der Waals surface area contributed by atoms with Crippen LogP contribution in [0.3, 0.4) is 0 Å². The minimum atomic E-state index is -0.207. The average Bonchev–Trinajstić information content (AvgIpc) is 1.81. The Bertz CT molecular complexity index is 183. The number of allylic oxidation sites excluding steroid dienone is 1. The van der Waals surface area contributed by atoms with Gasteiger partial charge < -0.3 is 4.74 Å². The summed E-state index contributed by atoms with van der Waals surface area (Å²) in [6.45, 7) is 11.4. The number of hydrogen-bond acceptors (Lipinski definition) is 2. The van der Waals surface area contributed by atoms with Crippen molar-refractivity contribution in [3.8, 4) is 0 Å². The third-order valence-electron chi connectivity index (χ3n) is 1.90. The zero-order valence-corrected chi connectivity index (χ0v) is 9.09. The van der Waals surface area contributed by atoms with E-state index in [9.17, 15) is 4.79 Å². The first-order valence-electron chi connectivity index (χ1n) is 4.65. The van der Waals surface area contributed by atoms with Crippen LogP contribution in [0.2, 0.25) is 0 Å². The van der Waals surface area contributed by atoms with Gasteiger partial charge in [-0.05, 0) is 25.2 Å². The lowest BCUT2D eigenvalue weighted by molar-refractivity contribution is -0.146. The van der Waals surface area contributed by atoms with Crippen LogP contribution in [-0.4, -0.2) is 12.1 Å². The second kappa shape index (κ2) is 5.05. The van der Waals surface area contributed by atoms with Gasteiger partial charge in [0.2, 0.25) is 0 Å². The molecule has 0 saturated carbocycles. The monoisotopic (exact) mass is 184 g/mol. The minimum Gasteiger partial charge on any atom is -0.463 e. The largest absolute Gasteiger partial charge is 0.463 e. The Kier molecular flexibility index (Phi) is 4.74. The maximum Gasteiger partial charge on any atom is 0.302 e. The molecule has 1 unspecified atom stereocenters. The predicted octanol–water partition coefficient (Wildman–Crippen LogP) is 2.93. The maximum absolute atomic E-state index is 10.7. The molecule has 0 fully saturated rings. The number of esters is 1. The molecule has 0 N–H and O–H groups in total. The zero-order chi connectivity index (χ0) is 10.5. The van der Waals surface area contributed by atoms with Gasteiger partial charge in [-0.3, -0.25) is 4.79 Å². The molecule has 0 radical (unpaired) electrons. The fourth-order valence-corrected chi connectivity index (χ4v) is 1.58. The summed E-state index contributed by atoms with van der Waals surface area (Å²) in [5.41, 5.74) is 0.163. The number of carbonyl (C=O) groups is 1. The highest BCUT2D eigenvalue weighted by Crippen LogP contribution is 2.27. The van der Waals surface area contributed by atoms with Gasteiger partial charge >= 0.3 is 5.97 Å². The van der Waals surface area contributed by atoms with Crippen LogP contribution in [0.15, 0.2) is 12.7 Å². The Morgan fingerprint density at radius 2 is 2.15 bits per heavy atom. The van der Waals surface area contributed by atoms with Crippen molar-refractivity contribution in [2.24, 2.45) is 5.41 Å². The van der Waals surface area contributed by atoms with Gasteiger partial charge in [0.25, 0.3) is 0 Å². The van der Waals surface area contributed by atoms with Crippen molar-refractivity contribution in [1.82, 2.24) is 0 Å². The van der Waals surface area contributed by atoms with E-state index in [0.717, 1.165) is 12.8 Å². The zero-order valence-electron chi connectivity index (χ0n) is 9.09. The molecule has 0 aliphatic rings. The van der Waals surface area contributed by atoms with Crippen LogP contribution in [0.5, 0.6) is 0 Å². The van der Waals surface area contributed by atoms with E-state index in [-0.39, 0.29) is 17.5 Å². The van der Waals surface area contributed by atoms with Gasteiger partial charge in [-0.2, -0.15) is 0 Å². The van der Waals surface area contributed by atoms with Gasteiger partial charge in [-0.1, -0.05) is 19.9 Å². The van der Waals surface area contributed by atoms with Crippen molar-refractivity contribution in [1.29, 1.82) is 0 Å². The molecule has 0 amide bonds. The summed E-state index contributed by atoms with van der Waals surface area (Å²) in [4.78, 5) is 10.7. The van der Waals surface area contributed by atoms with Crippen molar-refractivity contribution in [3.63, 3.8) is 0 Å². The fourth-order valence-electron chi connectivity index (χ4n) is 1.58. The molecule has 0 aliphatic carbocycles. The van der Waals surface area contributed by atoms with E-state index in [4.69, 9.17) is 4.74 Å². The van der Waals surface area contributed by atoms with Crippen molar-refractivity contribution in [2.45, 2.75) is 46.6 Å². The molecule has 0 heterocycles. The normalized spacial score (nSPS) is 13.5. The van der Waals surface area contributed by atoms with E-state index in [1.54, 1.807) is 0 Å². The molecule has 0 saturated heterocycles. The standard InChI is InChI=1S/C11H20O2/c1-6-7-11(4,5)8-9(2)13-10(3)12/h6,9H,1,7-8H2,2-5H3. The molecule has 1 atom stereocenters. The molecule has 76 valence electrons. The van der Waals surface area contributed by atoms with Crippen molar-refractivity contribution >= 4 is 5.97 Å². The van der Waals surface area contributed by atoms with Gasteiger partial charge in [0, 0.05) is 6.92 Å². The molecule has 2 nitrogen and oxygen atoms in total. The van der Waals surface area contributed by atoms with E-state index < -0.39 is 0 Å². The first-order chi connectivity index (χ1) is 5.87. The highest BCUT2D eigenvalue weighted by molar-refractivity contribution is 5.66. The molecule has 0 aromatic rings. The van der Waals surface area contributed by atoms with E-state index >= 15 is 0 Å². The first-order valence-corrected chi connectivity index (χ1v) is 4.65. The van der Waals surface area contributed by atoms with Gasteiger partial charge in [0.1, 0.15) is 0 Å². The van der Waals surface area contributed by atoms with E-state index in [1.807, 2.05) is 13.0 Å². The smallest absolute Gasteiger partial charge is 0.302 e. The minimum absolute atomic E-state index is 0.00699. The summed E-state index contributed by atoms with van der Waals surface area (Å²) < 4.78 is 5.06. The summed E-state index contributed by atoms with van der Waals surface area (Å²) >= 11 is 0. The molecule has 0 aromatic heterocycles. The molecule has 0 bridgehead atoms. The first kappa shape index (κ1) is 12.2. The predicted molar refractivity (Wildman–Crippen MR) is 54.4 cm³/mol. The van der Waals surface area contributed by atoms with Crippen molar-refractivity contribution < 1.29 is 9.53 Å². The lowest BCUT2D eigenvalue weighted by atomic mass is 9.84. The third-order valence-corrected chi connectivity index (χ3v) is 1.90. The van der Waals surface area contributed by atoms with Crippen LogP contribution in [-0.2, 0) is 9.53 Å². The second-order valence-corrected chi connectivity index (χ2v) is 4.28. The number of rotatable bonds is 5. The molecule has 0 aromatic carbocycles. The Balaban J connectivity index is 3.94. The van der Waals surface area contributed by atoms with Gasteiger partial charge in [0.15, 0.2) is 0 Å². The van der Waals surface area contributed by atoms with Crippen LogP contribution in [0.4, 0.5) is 0 Å². The summed E-state index contributed by atoms with van der Waals surface area (Å²) in [6.07, 6.45) is 3.71. The maximum atomic E-state index is 10.7. The van der Waals surface area contributed by atoms with Crippen LogP contribution in [0.1, 0.15) is 40.5 Å². The van der Waals surface area contributed by atoms with Crippen LogP contribution < -0.4 is 0 Å². The topological polar surface area (TPSA) is 26.3 Å². The van der Waals surface area contributed by atoms with Crippen LogP contribution in [0, 0.1) is 5.41 Å². The van der Waals surface area contributed by atoms with Crippen molar-refractivity contribution in [3.05, 3.63) is 12.7 Å². The van der Waals surface area contributed by atoms with Gasteiger partial charge in [-0.15, -0.1) is 6.58 Å². The molecule has 2 heteroatoms. The van der Waals surface area contributed by atoms with Crippen LogP contribution >= 0.6 is 0 Å². The average molecular weight is 184 g/mol. The Morgan fingerprint density at radius 3 is 2.54 bits per heavy atom. The Labute approximate surface area is 81.0 Å². The Morgan fingerprint density at radius 1 is 1.62 bits per heavy atom. The van der Waals surface area contributed by atoms with E-state index in [0.29, 0.717) is 0 Å². The quantitative estimate of drug-likeness (QED) is 0.485. The summed E-state index contributed by atoms with van der Waals surface area (Å²) in [5, 5.41) is 0. The van der Waals surface area contributed by atoms with Gasteiger partial charge in [-0.25, -0.2) is 0 Å². The SMILES string of the molecule is C=CCC(C)(C)CC(C)OC(C)=O. The highest BCUT2D eigenvalue weighted by Gasteiger charge is 2.20. The molecule has 0 spiro atoms. The summed E-state index contributed by atoms with van der Waals surface area (Å²) in [5.74, 6) is -0.207. The molecular weight excluding hydrogens is 164 g/mol. The number of hydrogen-bond donors (Lipinski definition) is 0. The Hall–Kier alpha value is -0.790. The molecular formula is C11H20O2. The lowest BCUT2D eigenvalue weighted by Crippen LogP contribution is -2.21. The molecule has 0 aliphatic heterocycles. The molecule has 13 heavy (non-hydrogen) atoms. The number of ether oxygens (including phenoxy) is 1. The third kappa shape index (κ3) is 6.38. The van der Waals surface area contributed by atoms with Gasteiger partial charge in [0.05, 0.1) is 6.10 Å². The second-order valence-electron chi connectivity index (χ2n) is 4.28. The highest BCUT2D eigenvalue weighted by atomic mass is 16.5. The number of carbonyl (C=O) groups excluding carboxylic acids is 1. The van der Waals surface area contributed by atoms with Crippen molar-refractivity contribution in [2.75, 3.05) is 0 Å².